The van der Waals surface area contributed by atoms with Crippen LogP contribution in [0.2, 0.25) is 0 Å². The Balaban J connectivity index is 1.89. The lowest BCUT2D eigenvalue weighted by molar-refractivity contribution is -0.183. The van der Waals surface area contributed by atoms with Gasteiger partial charge in [-0.25, -0.2) is 0 Å². The van der Waals surface area contributed by atoms with Crippen molar-refractivity contribution in [2.75, 3.05) is 19.8 Å². The highest BCUT2D eigenvalue weighted by atomic mass is 16.7. The molecular weight excluding hydrogens is 244 g/mol. The molecule has 0 bridgehead atoms. The second-order valence-corrected chi connectivity index (χ2v) is 4.59. The van der Waals surface area contributed by atoms with Crippen molar-refractivity contribution < 1.29 is 19.3 Å². The fourth-order valence-corrected chi connectivity index (χ4v) is 2.20. The van der Waals surface area contributed by atoms with Gasteiger partial charge in [-0.1, -0.05) is 18.2 Å². The lowest BCUT2D eigenvalue weighted by Gasteiger charge is -2.24. The minimum absolute atomic E-state index is 0.178. The first-order valence-corrected chi connectivity index (χ1v) is 6.94. The Morgan fingerprint density at radius 1 is 1.32 bits per heavy atom. The van der Waals surface area contributed by atoms with E-state index in [1.54, 1.807) is 0 Å². The summed E-state index contributed by atoms with van der Waals surface area (Å²) in [7, 11) is 0. The molecule has 4 heteroatoms. The van der Waals surface area contributed by atoms with E-state index in [4.69, 9.17) is 14.2 Å². The Labute approximate surface area is 114 Å². The average molecular weight is 266 g/mol. The maximum atomic E-state index is 10.3. The number of hydrogen-bond acceptors (Lipinski definition) is 4. The summed E-state index contributed by atoms with van der Waals surface area (Å²) in [5.74, 6) is 0.753. The van der Waals surface area contributed by atoms with Gasteiger partial charge in [-0.2, -0.15) is 0 Å². The van der Waals surface area contributed by atoms with Gasteiger partial charge in [-0.3, -0.25) is 0 Å². The third kappa shape index (κ3) is 4.20. The zero-order chi connectivity index (χ0) is 13.5. The van der Waals surface area contributed by atoms with Crippen LogP contribution in [0.25, 0.3) is 0 Å². The van der Waals surface area contributed by atoms with Crippen LogP contribution in [0.4, 0.5) is 0 Å². The topological polar surface area (TPSA) is 47.9 Å². The summed E-state index contributed by atoms with van der Waals surface area (Å²) in [6.45, 7) is 4.03. The highest BCUT2D eigenvalue weighted by Crippen LogP contribution is 2.29. The lowest BCUT2D eigenvalue weighted by Crippen LogP contribution is -2.25. The zero-order valence-electron chi connectivity index (χ0n) is 11.4. The van der Waals surface area contributed by atoms with E-state index in [9.17, 15) is 5.11 Å². The van der Waals surface area contributed by atoms with Gasteiger partial charge in [-0.15, -0.1) is 0 Å². The van der Waals surface area contributed by atoms with Crippen molar-refractivity contribution >= 4 is 0 Å². The van der Waals surface area contributed by atoms with Gasteiger partial charge in [0.2, 0.25) is 0 Å². The van der Waals surface area contributed by atoms with Crippen LogP contribution < -0.4 is 4.74 Å². The molecule has 0 radical (unpaired) electrons. The van der Waals surface area contributed by atoms with Gasteiger partial charge in [0.05, 0.1) is 25.9 Å². The van der Waals surface area contributed by atoms with Crippen molar-refractivity contribution in [2.45, 2.75) is 38.6 Å². The Kier molecular flexibility index (Phi) is 5.63. The predicted octanol–water partition coefficient (Wildman–Crippen LogP) is 2.66. The normalized spacial score (nSPS) is 18.2. The molecule has 0 spiro atoms. The van der Waals surface area contributed by atoms with Gasteiger partial charge in [-0.05, 0) is 25.8 Å². The van der Waals surface area contributed by atoms with Gasteiger partial charge < -0.3 is 19.3 Å². The second-order valence-electron chi connectivity index (χ2n) is 4.59. The largest absolute Gasteiger partial charge is 0.493 e. The van der Waals surface area contributed by atoms with Crippen LogP contribution in [0.1, 0.15) is 37.9 Å². The summed E-state index contributed by atoms with van der Waals surface area (Å²) in [5, 5.41) is 10.3. The van der Waals surface area contributed by atoms with Crippen molar-refractivity contribution in [3.05, 3.63) is 29.8 Å². The Bertz CT molecular complexity index is 374. The molecule has 2 rings (SSSR count). The molecule has 1 saturated heterocycles. The summed E-state index contributed by atoms with van der Waals surface area (Å²) in [4.78, 5) is 0. The Hall–Kier alpha value is -1.10. The van der Waals surface area contributed by atoms with Gasteiger partial charge >= 0.3 is 0 Å². The molecule has 1 unspecified atom stereocenters. The molecule has 0 aliphatic carbocycles. The van der Waals surface area contributed by atoms with Crippen LogP contribution in [0.3, 0.4) is 0 Å². The van der Waals surface area contributed by atoms with E-state index < -0.39 is 6.10 Å². The lowest BCUT2D eigenvalue weighted by atomic mass is 10.0. The number of para-hydroxylation sites is 1. The van der Waals surface area contributed by atoms with Crippen LogP contribution in [0, 0.1) is 0 Å². The predicted molar refractivity (Wildman–Crippen MR) is 72.1 cm³/mol. The van der Waals surface area contributed by atoms with Crippen molar-refractivity contribution in [3.8, 4) is 5.75 Å². The highest BCUT2D eigenvalue weighted by molar-refractivity contribution is 5.35. The van der Waals surface area contributed by atoms with Crippen molar-refractivity contribution in [3.63, 3.8) is 0 Å². The third-order valence-electron chi connectivity index (χ3n) is 3.15. The molecular formula is C15H22O4. The molecule has 0 saturated carbocycles. The van der Waals surface area contributed by atoms with Crippen molar-refractivity contribution in [1.29, 1.82) is 0 Å². The molecule has 1 aromatic carbocycles. The van der Waals surface area contributed by atoms with E-state index in [0.717, 1.165) is 30.9 Å². The van der Waals surface area contributed by atoms with Gasteiger partial charge in [0, 0.05) is 12.0 Å². The first-order valence-electron chi connectivity index (χ1n) is 6.94. The van der Waals surface area contributed by atoms with Crippen molar-refractivity contribution in [2.24, 2.45) is 0 Å². The SMILES string of the molecule is CCOc1ccccc1C(O)CCC1OCCCO1. The van der Waals surface area contributed by atoms with Gasteiger partial charge in [0.15, 0.2) is 6.29 Å². The number of hydrogen-bond donors (Lipinski definition) is 1. The third-order valence-corrected chi connectivity index (χ3v) is 3.15. The Morgan fingerprint density at radius 3 is 2.79 bits per heavy atom. The zero-order valence-corrected chi connectivity index (χ0v) is 11.4. The summed E-state index contributed by atoms with van der Waals surface area (Å²) in [5.41, 5.74) is 0.833. The number of aliphatic hydroxyl groups excluding tert-OH is 1. The molecule has 0 aromatic heterocycles. The van der Waals surface area contributed by atoms with Crippen LogP contribution in [-0.2, 0) is 9.47 Å². The van der Waals surface area contributed by atoms with E-state index in [2.05, 4.69) is 0 Å². The number of aliphatic hydroxyl groups is 1. The molecule has 1 aliphatic rings. The second kappa shape index (κ2) is 7.48. The average Bonchev–Trinajstić information content (AvgIpc) is 2.47. The Morgan fingerprint density at radius 2 is 2.05 bits per heavy atom. The summed E-state index contributed by atoms with van der Waals surface area (Å²) in [6, 6.07) is 7.61. The van der Waals surface area contributed by atoms with E-state index >= 15 is 0 Å². The fraction of sp³-hybridized carbons (Fsp3) is 0.600. The maximum absolute atomic E-state index is 10.3. The van der Waals surface area contributed by atoms with Crippen LogP contribution >= 0.6 is 0 Å². The molecule has 1 aliphatic heterocycles. The van der Waals surface area contributed by atoms with E-state index in [0.29, 0.717) is 19.4 Å². The number of rotatable bonds is 6. The molecule has 0 amide bonds. The molecule has 1 heterocycles. The van der Waals surface area contributed by atoms with Crippen LogP contribution in [-0.4, -0.2) is 31.2 Å². The summed E-state index contributed by atoms with van der Waals surface area (Å²) in [6.07, 6.45) is 1.53. The number of benzene rings is 1. The van der Waals surface area contributed by atoms with Crippen molar-refractivity contribution in [1.82, 2.24) is 0 Å². The van der Waals surface area contributed by atoms with Crippen LogP contribution in [0.15, 0.2) is 24.3 Å². The standard InChI is InChI=1S/C15H22O4/c1-2-17-14-7-4-3-6-12(14)13(16)8-9-15-18-10-5-11-19-15/h3-4,6-7,13,15-16H,2,5,8-11H2,1H3. The highest BCUT2D eigenvalue weighted by Gasteiger charge is 2.18. The smallest absolute Gasteiger partial charge is 0.157 e. The summed E-state index contributed by atoms with van der Waals surface area (Å²) >= 11 is 0. The fourth-order valence-electron chi connectivity index (χ4n) is 2.20. The minimum atomic E-state index is -0.545. The molecule has 4 nitrogen and oxygen atoms in total. The number of ether oxygens (including phenoxy) is 3. The van der Waals surface area contributed by atoms with E-state index in [-0.39, 0.29) is 6.29 Å². The van der Waals surface area contributed by atoms with Crippen LogP contribution in [0.5, 0.6) is 5.75 Å². The molecule has 1 atom stereocenters. The van der Waals surface area contributed by atoms with Gasteiger partial charge in [0.25, 0.3) is 0 Å². The monoisotopic (exact) mass is 266 g/mol. The molecule has 1 N–H and O–H groups in total. The molecule has 1 aromatic rings. The first kappa shape index (κ1) is 14.3. The first-order chi connectivity index (χ1) is 9.31. The molecule has 106 valence electrons. The maximum Gasteiger partial charge on any atom is 0.157 e. The quantitative estimate of drug-likeness (QED) is 0.860. The van der Waals surface area contributed by atoms with Gasteiger partial charge in [0.1, 0.15) is 5.75 Å². The van der Waals surface area contributed by atoms with E-state index in [1.807, 2.05) is 31.2 Å². The van der Waals surface area contributed by atoms with E-state index in [1.165, 1.54) is 0 Å². The molecule has 1 fully saturated rings. The summed E-state index contributed by atoms with van der Waals surface area (Å²) < 4.78 is 16.5. The minimum Gasteiger partial charge on any atom is -0.493 e. The molecule has 19 heavy (non-hydrogen) atoms.